The molecule has 1 aromatic heterocycles. The summed E-state index contributed by atoms with van der Waals surface area (Å²) in [5.41, 5.74) is 1.30. The van der Waals surface area contributed by atoms with Gasteiger partial charge >= 0.3 is 0 Å². The van der Waals surface area contributed by atoms with Gasteiger partial charge in [-0.2, -0.15) is 0 Å². The Morgan fingerprint density at radius 2 is 1.85 bits per heavy atom. The van der Waals surface area contributed by atoms with E-state index in [9.17, 15) is 0 Å². The van der Waals surface area contributed by atoms with Gasteiger partial charge in [0, 0.05) is 12.4 Å². The molecule has 13 heavy (non-hydrogen) atoms. The van der Waals surface area contributed by atoms with Gasteiger partial charge in [-0.3, -0.25) is 0 Å². The number of likely N-dealkylation sites (tertiary alicyclic amines) is 1. The van der Waals surface area contributed by atoms with E-state index in [1.807, 2.05) is 12.4 Å². The second-order valence-electron chi connectivity index (χ2n) is 3.75. The quantitative estimate of drug-likeness (QED) is 0.647. The Labute approximate surface area is 78.8 Å². The first-order valence-electron chi connectivity index (χ1n) is 4.79. The van der Waals surface area contributed by atoms with Crippen LogP contribution >= 0.6 is 0 Å². The fraction of sp³-hybridized carbons (Fsp3) is 0.600. The first-order chi connectivity index (χ1) is 6.36. The minimum absolute atomic E-state index is 0.678. The molecule has 0 atom stereocenters. The molecule has 0 saturated carbocycles. The molecule has 0 unspecified atom stereocenters. The molecule has 1 fully saturated rings. The predicted octanol–water partition coefficient (Wildman–Crippen LogP) is 1.29. The SMILES string of the molecule is CN1CCC(c2cncnc2)CC1. The lowest BCUT2D eigenvalue weighted by Crippen LogP contribution is -2.29. The Morgan fingerprint density at radius 3 is 2.46 bits per heavy atom. The molecule has 1 saturated heterocycles. The van der Waals surface area contributed by atoms with E-state index in [0.29, 0.717) is 5.92 Å². The lowest BCUT2D eigenvalue weighted by Gasteiger charge is -2.28. The van der Waals surface area contributed by atoms with Gasteiger partial charge < -0.3 is 4.90 Å². The second kappa shape index (κ2) is 3.83. The van der Waals surface area contributed by atoms with Gasteiger partial charge in [-0.1, -0.05) is 0 Å². The molecule has 0 bridgehead atoms. The molecule has 3 nitrogen and oxygen atoms in total. The van der Waals surface area contributed by atoms with Crippen LogP contribution in [0.5, 0.6) is 0 Å². The van der Waals surface area contributed by atoms with Gasteiger partial charge in [-0.25, -0.2) is 9.97 Å². The van der Waals surface area contributed by atoms with Gasteiger partial charge in [0.25, 0.3) is 0 Å². The highest BCUT2D eigenvalue weighted by molar-refractivity contribution is 5.10. The number of rotatable bonds is 1. The van der Waals surface area contributed by atoms with Crippen molar-refractivity contribution < 1.29 is 0 Å². The number of aromatic nitrogens is 2. The first-order valence-corrected chi connectivity index (χ1v) is 4.79. The summed E-state index contributed by atoms with van der Waals surface area (Å²) in [6.07, 6.45) is 7.97. The van der Waals surface area contributed by atoms with E-state index in [1.54, 1.807) is 6.33 Å². The van der Waals surface area contributed by atoms with Crippen LogP contribution in [0.15, 0.2) is 18.7 Å². The van der Waals surface area contributed by atoms with Crippen LogP contribution in [0.2, 0.25) is 0 Å². The summed E-state index contributed by atoms with van der Waals surface area (Å²) in [6.45, 7) is 2.39. The highest BCUT2D eigenvalue weighted by Gasteiger charge is 2.18. The Hall–Kier alpha value is -0.960. The first kappa shape index (κ1) is 8.63. The number of piperidine rings is 1. The van der Waals surface area contributed by atoms with Crippen molar-refractivity contribution in [2.75, 3.05) is 20.1 Å². The van der Waals surface area contributed by atoms with E-state index in [0.717, 1.165) is 0 Å². The molecule has 1 aromatic rings. The molecule has 1 aliphatic rings. The number of hydrogen-bond acceptors (Lipinski definition) is 3. The molecule has 2 rings (SSSR count). The van der Waals surface area contributed by atoms with Crippen molar-refractivity contribution in [1.29, 1.82) is 0 Å². The molecule has 0 N–H and O–H groups in total. The largest absolute Gasteiger partial charge is 0.306 e. The minimum Gasteiger partial charge on any atom is -0.306 e. The van der Waals surface area contributed by atoms with Crippen molar-refractivity contribution in [3.63, 3.8) is 0 Å². The molecule has 3 heteroatoms. The van der Waals surface area contributed by atoms with Gasteiger partial charge in [0.2, 0.25) is 0 Å². The summed E-state index contributed by atoms with van der Waals surface area (Å²) in [5, 5.41) is 0. The van der Waals surface area contributed by atoms with E-state index in [4.69, 9.17) is 0 Å². The summed E-state index contributed by atoms with van der Waals surface area (Å²) in [5.74, 6) is 0.678. The third-order valence-electron chi connectivity index (χ3n) is 2.77. The van der Waals surface area contributed by atoms with Gasteiger partial charge in [-0.05, 0) is 44.5 Å². The average Bonchev–Trinajstić information content (AvgIpc) is 2.20. The molecule has 0 amide bonds. The molecule has 70 valence electrons. The molecule has 0 radical (unpaired) electrons. The third kappa shape index (κ3) is 2.04. The van der Waals surface area contributed by atoms with Gasteiger partial charge in [0.1, 0.15) is 6.33 Å². The highest BCUT2D eigenvalue weighted by atomic mass is 15.1. The van der Waals surface area contributed by atoms with Crippen LogP contribution in [0.25, 0.3) is 0 Å². The van der Waals surface area contributed by atoms with Crippen molar-refractivity contribution in [3.05, 3.63) is 24.3 Å². The van der Waals surface area contributed by atoms with Crippen molar-refractivity contribution >= 4 is 0 Å². The fourth-order valence-electron chi connectivity index (χ4n) is 1.86. The van der Waals surface area contributed by atoms with Crippen LogP contribution < -0.4 is 0 Å². The summed E-state index contributed by atoms with van der Waals surface area (Å²) >= 11 is 0. The van der Waals surface area contributed by atoms with Crippen LogP contribution in [-0.2, 0) is 0 Å². The van der Waals surface area contributed by atoms with E-state index in [2.05, 4.69) is 21.9 Å². The smallest absolute Gasteiger partial charge is 0.115 e. The maximum atomic E-state index is 4.05. The normalized spacial score (nSPS) is 20.4. The molecule has 0 aromatic carbocycles. The van der Waals surface area contributed by atoms with Crippen molar-refractivity contribution in [2.24, 2.45) is 0 Å². The number of hydrogen-bond donors (Lipinski definition) is 0. The van der Waals surface area contributed by atoms with Crippen LogP contribution in [-0.4, -0.2) is 35.0 Å². The molecular weight excluding hydrogens is 162 g/mol. The average molecular weight is 177 g/mol. The van der Waals surface area contributed by atoms with Crippen LogP contribution in [0.1, 0.15) is 24.3 Å². The summed E-state index contributed by atoms with van der Waals surface area (Å²) in [7, 11) is 2.18. The van der Waals surface area contributed by atoms with E-state index >= 15 is 0 Å². The van der Waals surface area contributed by atoms with Gasteiger partial charge in [0.15, 0.2) is 0 Å². The van der Waals surface area contributed by atoms with Crippen LogP contribution in [0.4, 0.5) is 0 Å². The Balaban J connectivity index is 2.03. The maximum absolute atomic E-state index is 4.05. The third-order valence-corrected chi connectivity index (χ3v) is 2.77. The van der Waals surface area contributed by atoms with E-state index in [-0.39, 0.29) is 0 Å². The van der Waals surface area contributed by atoms with Gasteiger partial charge in [0.05, 0.1) is 0 Å². The standard InChI is InChI=1S/C10H15N3/c1-13-4-2-9(3-5-13)10-6-11-8-12-7-10/h6-9H,2-5H2,1H3. The molecular formula is C10H15N3. The fourth-order valence-corrected chi connectivity index (χ4v) is 1.86. The zero-order valence-corrected chi connectivity index (χ0v) is 7.98. The zero-order valence-electron chi connectivity index (χ0n) is 7.98. The summed E-state index contributed by atoms with van der Waals surface area (Å²) in [4.78, 5) is 10.5. The van der Waals surface area contributed by atoms with Crippen molar-refractivity contribution in [3.8, 4) is 0 Å². The monoisotopic (exact) mass is 177 g/mol. The van der Waals surface area contributed by atoms with Gasteiger partial charge in [-0.15, -0.1) is 0 Å². The van der Waals surface area contributed by atoms with Crippen molar-refractivity contribution in [2.45, 2.75) is 18.8 Å². The molecule has 0 spiro atoms. The maximum Gasteiger partial charge on any atom is 0.115 e. The Bertz CT molecular complexity index is 252. The lowest BCUT2D eigenvalue weighted by molar-refractivity contribution is 0.255. The molecule has 0 aliphatic carbocycles. The van der Waals surface area contributed by atoms with Crippen molar-refractivity contribution in [1.82, 2.24) is 14.9 Å². The lowest BCUT2D eigenvalue weighted by atomic mass is 9.92. The van der Waals surface area contributed by atoms with E-state index < -0.39 is 0 Å². The Morgan fingerprint density at radius 1 is 1.23 bits per heavy atom. The minimum atomic E-state index is 0.678. The number of nitrogens with zero attached hydrogens (tertiary/aromatic N) is 3. The van der Waals surface area contributed by atoms with Crippen LogP contribution in [0, 0.1) is 0 Å². The van der Waals surface area contributed by atoms with E-state index in [1.165, 1.54) is 31.5 Å². The highest BCUT2D eigenvalue weighted by Crippen LogP contribution is 2.25. The predicted molar refractivity (Wildman–Crippen MR) is 51.5 cm³/mol. The zero-order chi connectivity index (χ0) is 9.10. The topological polar surface area (TPSA) is 29.0 Å². The summed E-state index contributed by atoms with van der Waals surface area (Å²) < 4.78 is 0. The van der Waals surface area contributed by atoms with Crippen LogP contribution in [0.3, 0.4) is 0 Å². The Kier molecular flexibility index (Phi) is 2.54. The second-order valence-corrected chi connectivity index (χ2v) is 3.75. The summed E-state index contributed by atoms with van der Waals surface area (Å²) in [6, 6.07) is 0. The molecule has 2 heterocycles. The molecule has 1 aliphatic heterocycles.